The molecule has 1 aromatic carbocycles. The van der Waals surface area contributed by atoms with Crippen LogP contribution in [0.1, 0.15) is 11.8 Å². The Morgan fingerprint density at radius 1 is 1.19 bits per heavy atom. The van der Waals surface area contributed by atoms with Crippen molar-refractivity contribution in [1.82, 2.24) is 25.0 Å². The normalized spacial score (nSPS) is 14.1. The summed E-state index contributed by atoms with van der Waals surface area (Å²) < 4.78 is 10.7. The van der Waals surface area contributed by atoms with Crippen LogP contribution in [-0.2, 0) is 4.79 Å². The van der Waals surface area contributed by atoms with Crippen molar-refractivity contribution in [1.29, 1.82) is 0 Å². The van der Waals surface area contributed by atoms with E-state index in [9.17, 15) is 4.79 Å². The van der Waals surface area contributed by atoms with E-state index < -0.39 is 0 Å². The van der Waals surface area contributed by atoms with E-state index >= 15 is 0 Å². The second-order valence-electron chi connectivity index (χ2n) is 5.77. The molecule has 0 spiro atoms. The molecular formula is C17H14ClN5O3. The van der Waals surface area contributed by atoms with Crippen molar-refractivity contribution in [2.75, 3.05) is 19.7 Å². The fraction of sp³-hybridized carbons (Fsp3) is 0.235. The highest BCUT2D eigenvalue weighted by Gasteiger charge is 2.35. The van der Waals surface area contributed by atoms with E-state index in [4.69, 9.17) is 20.9 Å². The molecule has 1 amide bonds. The van der Waals surface area contributed by atoms with E-state index in [0.717, 1.165) is 0 Å². The lowest BCUT2D eigenvalue weighted by Gasteiger charge is -2.36. The van der Waals surface area contributed by atoms with Gasteiger partial charge < -0.3 is 14.2 Å². The van der Waals surface area contributed by atoms with E-state index in [1.807, 2.05) is 0 Å². The van der Waals surface area contributed by atoms with Gasteiger partial charge in [0, 0.05) is 30.5 Å². The van der Waals surface area contributed by atoms with Gasteiger partial charge in [-0.3, -0.25) is 4.79 Å². The summed E-state index contributed by atoms with van der Waals surface area (Å²) in [5.41, 5.74) is 0. The molecule has 0 N–H and O–H groups in total. The SMILES string of the molecule is O=C(COc1ccc(Cl)cc1)N1CC(c2nc(-c3ncccn3)no2)C1. The number of carbonyl (C=O) groups is 1. The van der Waals surface area contributed by atoms with Gasteiger partial charge in [0.15, 0.2) is 6.61 Å². The number of ether oxygens (including phenoxy) is 1. The molecule has 4 rings (SSSR count). The molecule has 0 bridgehead atoms. The maximum absolute atomic E-state index is 12.2. The second kappa shape index (κ2) is 7.09. The van der Waals surface area contributed by atoms with Crippen LogP contribution >= 0.6 is 11.6 Å². The summed E-state index contributed by atoms with van der Waals surface area (Å²) >= 11 is 5.81. The van der Waals surface area contributed by atoms with Crippen LogP contribution in [0.5, 0.6) is 5.75 Å². The summed E-state index contributed by atoms with van der Waals surface area (Å²) in [6.45, 7) is 1.00. The summed E-state index contributed by atoms with van der Waals surface area (Å²) in [5.74, 6) is 1.75. The zero-order valence-electron chi connectivity index (χ0n) is 13.6. The third-order valence-electron chi connectivity index (χ3n) is 3.97. The third kappa shape index (κ3) is 3.50. The van der Waals surface area contributed by atoms with Gasteiger partial charge in [0.05, 0.1) is 5.92 Å². The number of aromatic nitrogens is 4. The predicted molar refractivity (Wildman–Crippen MR) is 91.6 cm³/mol. The summed E-state index contributed by atoms with van der Waals surface area (Å²) in [7, 11) is 0. The van der Waals surface area contributed by atoms with Crippen LogP contribution in [0.25, 0.3) is 11.6 Å². The van der Waals surface area contributed by atoms with Gasteiger partial charge in [-0.15, -0.1) is 0 Å². The Labute approximate surface area is 153 Å². The Morgan fingerprint density at radius 3 is 2.65 bits per heavy atom. The maximum atomic E-state index is 12.2. The molecule has 132 valence electrons. The number of rotatable bonds is 5. The minimum Gasteiger partial charge on any atom is -0.484 e. The minimum atomic E-state index is -0.0951. The van der Waals surface area contributed by atoms with E-state index in [0.29, 0.717) is 41.4 Å². The molecular weight excluding hydrogens is 358 g/mol. The van der Waals surface area contributed by atoms with Crippen LogP contribution in [0.2, 0.25) is 5.02 Å². The van der Waals surface area contributed by atoms with Gasteiger partial charge in [0.25, 0.3) is 5.91 Å². The first-order chi connectivity index (χ1) is 12.7. The van der Waals surface area contributed by atoms with Gasteiger partial charge in [-0.1, -0.05) is 16.8 Å². The fourth-order valence-electron chi connectivity index (χ4n) is 2.51. The monoisotopic (exact) mass is 371 g/mol. The Morgan fingerprint density at radius 2 is 1.92 bits per heavy atom. The molecule has 1 fully saturated rings. The highest BCUT2D eigenvalue weighted by atomic mass is 35.5. The van der Waals surface area contributed by atoms with E-state index in [2.05, 4.69) is 20.1 Å². The molecule has 26 heavy (non-hydrogen) atoms. The highest BCUT2D eigenvalue weighted by molar-refractivity contribution is 6.30. The van der Waals surface area contributed by atoms with Crippen LogP contribution in [0.15, 0.2) is 47.2 Å². The van der Waals surface area contributed by atoms with Crippen molar-refractivity contribution in [3.63, 3.8) is 0 Å². The molecule has 0 aliphatic carbocycles. The molecule has 3 aromatic rings. The van der Waals surface area contributed by atoms with Gasteiger partial charge in [-0.05, 0) is 30.3 Å². The van der Waals surface area contributed by atoms with Crippen LogP contribution in [-0.4, -0.2) is 50.6 Å². The number of amides is 1. The van der Waals surface area contributed by atoms with Gasteiger partial charge in [-0.25, -0.2) is 9.97 Å². The van der Waals surface area contributed by atoms with Gasteiger partial charge in [-0.2, -0.15) is 4.98 Å². The van der Waals surface area contributed by atoms with E-state index in [1.165, 1.54) is 0 Å². The van der Waals surface area contributed by atoms with E-state index in [1.54, 1.807) is 47.6 Å². The number of nitrogens with zero attached hydrogens (tertiary/aromatic N) is 5. The van der Waals surface area contributed by atoms with Crippen molar-refractivity contribution in [2.45, 2.75) is 5.92 Å². The molecule has 2 aromatic heterocycles. The number of hydrogen-bond donors (Lipinski definition) is 0. The summed E-state index contributed by atoms with van der Waals surface area (Å²) in [6, 6.07) is 8.58. The average molecular weight is 372 g/mol. The number of halogens is 1. The fourth-order valence-corrected chi connectivity index (χ4v) is 2.64. The maximum Gasteiger partial charge on any atom is 0.260 e. The lowest BCUT2D eigenvalue weighted by Crippen LogP contribution is -2.50. The largest absolute Gasteiger partial charge is 0.484 e. The van der Waals surface area contributed by atoms with Crippen LogP contribution in [0.3, 0.4) is 0 Å². The van der Waals surface area contributed by atoms with Crippen LogP contribution in [0, 0.1) is 0 Å². The zero-order chi connectivity index (χ0) is 17.9. The first kappa shape index (κ1) is 16.5. The third-order valence-corrected chi connectivity index (χ3v) is 4.22. The molecule has 9 heteroatoms. The lowest BCUT2D eigenvalue weighted by atomic mass is 10.0. The molecule has 0 unspecified atom stereocenters. The number of likely N-dealkylation sites (tertiary alicyclic amines) is 1. The van der Waals surface area contributed by atoms with Crippen molar-refractivity contribution < 1.29 is 14.1 Å². The molecule has 1 aliphatic rings. The Bertz CT molecular complexity index is 894. The Balaban J connectivity index is 1.29. The smallest absolute Gasteiger partial charge is 0.260 e. The lowest BCUT2D eigenvalue weighted by molar-refractivity contribution is -0.138. The van der Waals surface area contributed by atoms with Crippen molar-refractivity contribution in [3.05, 3.63) is 53.6 Å². The van der Waals surface area contributed by atoms with Crippen LogP contribution in [0.4, 0.5) is 0 Å². The molecule has 0 radical (unpaired) electrons. The molecule has 8 nitrogen and oxygen atoms in total. The Hall–Kier alpha value is -3.00. The first-order valence-corrected chi connectivity index (χ1v) is 8.34. The molecule has 0 atom stereocenters. The van der Waals surface area contributed by atoms with Gasteiger partial charge in [0.1, 0.15) is 5.75 Å². The molecule has 1 aliphatic heterocycles. The first-order valence-electron chi connectivity index (χ1n) is 7.96. The molecule has 0 saturated carbocycles. The predicted octanol–water partition coefficient (Wildman–Crippen LogP) is 2.18. The standard InChI is InChI=1S/C17H14ClN5O3/c18-12-2-4-13(5-3-12)25-10-14(24)23-8-11(9-23)17-21-16(22-26-17)15-19-6-1-7-20-15/h1-7,11H,8-10H2. The highest BCUT2D eigenvalue weighted by Crippen LogP contribution is 2.27. The topological polar surface area (TPSA) is 94.2 Å². The minimum absolute atomic E-state index is 0.0134. The van der Waals surface area contributed by atoms with E-state index in [-0.39, 0.29) is 18.4 Å². The second-order valence-corrected chi connectivity index (χ2v) is 6.20. The summed E-state index contributed by atoms with van der Waals surface area (Å²) in [4.78, 5) is 26.3. The molecule has 1 saturated heterocycles. The van der Waals surface area contributed by atoms with Crippen molar-refractivity contribution in [3.8, 4) is 17.4 Å². The molecule has 3 heterocycles. The van der Waals surface area contributed by atoms with Crippen LogP contribution < -0.4 is 4.74 Å². The summed E-state index contributed by atoms with van der Waals surface area (Å²) in [5, 5.41) is 4.51. The number of carbonyl (C=O) groups excluding carboxylic acids is 1. The van der Waals surface area contributed by atoms with Gasteiger partial charge >= 0.3 is 0 Å². The summed E-state index contributed by atoms with van der Waals surface area (Å²) in [6.07, 6.45) is 3.23. The Kier molecular flexibility index (Phi) is 4.49. The van der Waals surface area contributed by atoms with Crippen molar-refractivity contribution in [2.24, 2.45) is 0 Å². The van der Waals surface area contributed by atoms with Crippen molar-refractivity contribution >= 4 is 17.5 Å². The average Bonchev–Trinajstić information content (AvgIpc) is 3.10. The number of hydrogen-bond acceptors (Lipinski definition) is 7. The zero-order valence-corrected chi connectivity index (χ0v) is 14.3. The quantitative estimate of drug-likeness (QED) is 0.678. The van der Waals surface area contributed by atoms with Gasteiger partial charge in [0.2, 0.25) is 17.5 Å². The number of benzene rings is 1.